The highest BCUT2D eigenvalue weighted by Crippen LogP contribution is 2.59. The molecular formula is C42H56O16. The molecule has 16 nitrogen and oxygen atoms in total. The molecule has 1 aromatic carbocycles. The minimum Gasteiger partial charge on any atom is -0.467 e. The molecule has 2 saturated heterocycles. The Bertz CT molecular complexity index is 1720. The van der Waals surface area contributed by atoms with E-state index in [-0.39, 0.29) is 18.3 Å². The van der Waals surface area contributed by atoms with E-state index in [1.165, 1.54) is 6.92 Å². The van der Waals surface area contributed by atoms with Crippen LogP contribution in [-0.2, 0) is 82.6 Å². The van der Waals surface area contributed by atoms with Crippen LogP contribution < -0.4 is 0 Å². The number of fused-ring (bicyclic) bond motifs is 2. The molecule has 0 N–H and O–H groups in total. The molecule has 0 radical (unpaired) electrons. The van der Waals surface area contributed by atoms with Gasteiger partial charge in [-0.15, -0.1) is 0 Å². The van der Waals surface area contributed by atoms with Gasteiger partial charge in [0.05, 0.1) is 21.3 Å². The summed E-state index contributed by atoms with van der Waals surface area (Å²) in [6, 6.07) is 9.42. The van der Waals surface area contributed by atoms with Gasteiger partial charge >= 0.3 is 41.8 Å². The highest BCUT2D eigenvalue weighted by molar-refractivity contribution is 6.01. The van der Waals surface area contributed by atoms with Crippen molar-refractivity contribution in [1.82, 2.24) is 0 Å². The van der Waals surface area contributed by atoms with E-state index in [4.69, 9.17) is 42.6 Å². The molecule has 0 unspecified atom stereocenters. The number of allylic oxidation sites excluding steroid dienone is 1. The number of ether oxygens (including phenoxy) is 9. The number of rotatable bonds is 19. The number of esters is 7. The fourth-order valence-electron chi connectivity index (χ4n) is 7.64. The van der Waals surface area contributed by atoms with E-state index < -0.39 is 89.6 Å². The van der Waals surface area contributed by atoms with Crippen LogP contribution in [0.2, 0.25) is 0 Å². The van der Waals surface area contributed by atoms with Crippen LogP contribution >= 0.6 is 0 Å². The molecule has 0 spiro atoms. The first kappa shape index (κ1) is 47.3. The predicted molar refractivity (Wildman–Crippen MR) is 203 cm³/mol. The molecule has 0 saturated carbocycles. The summed E-state index contributed by atoms with van der Waals surface area (Å²) >= 11 is 0. The number of benzene rings is 1. The van der Waals surface area contributed by atoms with Gasteiger partial charge in [0.1, 0.15) is 6.10 Å². The Kier molecular flexibility index (Phi) is 16.3. The van der Waals surface area contributed by atoms with Crippen molar-refractivity contribution in [1.29, 1.82) is 0 Å². The van der Waals surface area contributed by atoms with Crippen LogP contribution in [0.15, 0.2) is 54.6 Å². The number of hydrogen-bond donors (Lipinski definition) is 0. The standard InChI is InChI=1S/C42H56O16/c1-12-24(2)22-25(3)18-19-32(46)55-35-34(54-29(7)44)40(21-20-26(4)33(53-28(6)43)27(5)23-31-16-14-13-15-17-31)57-36(37(47)50-9)41(38(48)51-10,56-30(8)45)42(35,58-40)39(49)52-11/h13-19,24-25,27,33-36H,4,12,20-23H2,1-3,5-11H3/b19-18+/t24-,25+,27+,33+,34+,35+,36+,40+,41+,42+/m0/s1. The zero-order valence-electron chi connectivity index (χ0n) is 34.9. The van der Waals surface area contributed by atoms with Crippen LogP contribution in [0.1, 0.15) is 79.7 Å². The normalized spacial score (nSPS) is 26.9. The van der Waals surface area contributed by atoms with E-state index in [9.17, 15) is 33.6 Å². The quantitative estimate of drug-likeness (QED) is 0.0827. The third kappa shape index (κ3) is 9.95. The lowest BCUT2D eigenvalue weighted by Crippen LogP contribution is -2.79. The molecule has 2 aliphatic heterocycles. The number of methoxy groups -OCH3 is 3. The smallest absolute Gasteiger partial charge is 0.357 e. The average molecular weight is 817 g/mol. The summed E-state index contributed by atoms with van der Waals surface area (Å²) in [7, 11) is 2.70. The second kappa shape index (κ2) is 20.1. The molecule has 0 aromatic heterocycles. The van der Waals surface area contributed by atoms with Crippen LogP contribution in [0.25, 0.3) is 0 Å². The topological polar surface area (TPSA) is 203 Å². The van der Waals surface area contributed by atoms with Crippen molar-refractivity contribution in [3.05, 3.63) is 60.2 Å². The van der Waals surface area contributed by atoms with Crippen LogP contribution in [0, 0.1) is 17.8 Å². The number of hydrogen-bond acceptors (Lipinski definition) is 16. The van der Waals surface area contributed by atoms with E-state index in [1.807, 2.05) is 58.0 Å². The molecular weight excluding hydrogens is 760 g/mol. The Hall–Kier alpha value is -5.09. The van der Waals surface area contributed by atoms with E-state index in [0.29, 0.717) is 24.3 Å². The maximum absolute atomic E-state index is 14.5. The molecule has 2 aliphatic rings. The van der Waals surface area contributed by atoms with E-state index >= 15 is 0 Å². The van der Waals surface area contributed by atoms with Gasteiger partial charge in [-0.25, -0.2) is 19.2 Å². The zero-order valence-corrected chi connectivity index (χ0v) is 34.9. The van der Waals surface area contributed by atoms with Crippen LogP contribution in [-0.4, -0.2) is 105 Å². The van der Waals surface area contributed by atoms with Gasteiger partial charge in [0.15, 0.2) is 12.2 Å². The monoisotopic (exact) mass is 816 g/mol. The summed E-state index contributed by atoms with van der Waals surface area (Å²) in [4.78, 5) is 94.5. The van der Waals surface area contributed by atoms with Gasteiger partial charge in [-0.1, -0.05) is 77.1 Å². The molecule has 0 aliphatic carbocycles. The van der Waals surface area contributed by atoms with E-state index in [1.54, 1.807) is 6.08 Å². The van der Waals surface area contributed by atoms with Gasteiger partial charge in [0.25, 0.3) is 11.2 Å². The Morgan fingerprint density at radius 2 is 1.48 bits per heavy atom. The lowest BCUT2D eigenvalue weighted by atomic mass is 9.73. The first-order chi connectivity index (χ1) is 27.3. The second-order valence-corrected chi connectivity index (χ2v) is 14.8. The highest BCUT2D eigenvalue weighted by Gasteiger charge is 2.89. The molecule has 58 heavy (non-hydrogen) atoms. The Morgan fingerprint density at radius 3 is 2.02 bits per heavy atom. The summed E-state index contributed by atoms with van der Waals surface area (Å²) in [5.41, 5.74) is -5.19. The van der Waals surface area contributed by atoms with Crippen molar-refractivity contribution in [2.45, 2.75) is 122 Å². The first-order valence-corrected chi connectivity index (χ1v) is 19.1. The molecule has 2 bridgehead atoms. The summed E-state index contributed by atoms with van der Waals surface area (Å²) < 4.78 is 51.0. The van der Waals surface area contributed by atoms with E-state index in [0.717, 1.165) is 53.2 Å². The number of carbonyl (C=O) groups is 7. The largest absolute Gasteiger partial charge is 0.467 e. The van der Waals surface area contributed by atoms with Gasteiger partial charge in [0.2, 0.25) is 11.9 Å². The van der Waals surface area contributed by atoms with Crippen LogP contribution in [0.4, 0.5) is 0 Å². The molecule has 1 aromatic rings. The summed E-state index contributed by atoms with van der Waals surface area (Å²) in [6.07, 6.45) is -3.41. The predicted octanol–water partition coefficient (Wildman–Crippen LogP) is 4.29. The fourth-order valence-corrected chi connectivity index (χ4v) is 7.64. The molecule has 3 rings (SSSR count). The third-order valence-corrected chi connectivity index (χ3v) is 10.4. The third-order valence-electron chi connectivity index (χ3n) is 10.4. The summed E-state index contributed by atoms with van der Waals surface area (Å²) in [6.45, 7) is 15.1. The van der Waals surface area contributed by atoms with Gasteiger partial charge < -0.3 is 42.6 Å². The van der Waals surface area contributed by atoms with Gasteiger partial charge in [-0.2, -0.15) is 0 Å². The second-order valence-electron chi connectivity index (χ2n) is 14.8. The minimum atomic E-state index is -3.29. The zero-order chi connectivity index (χ0) is 43.6. The fraction of sp³-hybridized carbons (Fsp3) is 0.595. The van der Waals surface area contributed by atoms with Gasteiger partial charge in [-0.05, 0) is 42.2 Å². The highest BCUT2D eigenvalue weighted by atomic mass is 16.8. The Balaban J connectivity index is 2.32. The molecule has 2 fully saturated rings. The van der Waals surface area contributed by atoms with Gasteiger partial charge in [-0.3, -0.25) is 14.4 Å². The Morgan fingerprint density at radius 1 is 0.845 bits per heavy atom. The molecule has 10 atom stereocenters. The average Bonchev–Trinajstić information content (AvgIpc) is 3.40. The molecule has 2 heterocycles. The lowest BCUT2D eigenvalue weighted by molar-refractivity contribution is -0.375. The first-order valence-electron chi connectivity index (χ1n) is 19.1. The number of carbonyl (C=O) groups excluding carboxylic acids is 7. The Labute approximate surface area is 338 Å². The SMILES string of the molecule is C=C(CC[C@@]12O[C@H](C(=O)OC)[C@@](OC(C)=O)(C(=O)OC)[C@@](C(=O)OC)(O1)[C@H](OC(=O)/C=C/[C@@H](C)C[C@@H](C)CC)[C@H]2OC(C)=O)[C@@H](OC(C)=O)[C@H](C)Cc1ccccc1. The molecule has 16 heteroatoms. The lowest BCUT2D eigenvalue weighted by Gasteiger charge is -2.51. The van der Waals surface area contributed by atoms with E-state index in [2.05, 4.69) is 6.58 Å². The van der Waals surface area contributed by atoms with Crippen molar-refractivity contribution in [2.75, 3.05) is 21.3 Å². The van der Waals surface area contributed by atoms with Gasteiger partial charge in [0, 0.05) is 39.2 Å². The molecule has 0 amide bonds. The van der Waals surface area contributed by atoms with Crippen LogP contribution in [0.3, 0.4) is 0 Å². The minimum absolute atomic E-state index is 0.116. The summed E-state index contributed by atoms with van der Waals surface area (Å²) in [5.74, 6) is -11.0. The maximum atomic E-state index is 14.5. The van der Waals surface area contributed by atoms with Crippen LogP contribution in [0.5, 0.6) is 0 Å². The van der Waals surface area contributed by atoms with Crippen molar-refractivity contribution >= 4 is 41.8 Å². The van der Waals surface area contributed by atoms with Crippen molar-refractivity contribution in [3.8, 4) is 0 Å². The molecule has 320 valence electrons. The van der Waals surface area contributed by atoms with Crippen molar-refractivity contribution in [2.24, 2.45) is 17.8 Å². The van der Waals surface area contributed by atoms with Crippen molar-refractivity contribution < 1.29 is 76.2 Å². The summed E-state index contributed by atoms with van der Waals surface area (Å²) in [5, 5.41) is 0. The maximum Gasteiger partial charge on any atom is 0.357 e. The van der Waals surface area contributed by atoms with Crippen molar-refractivity contribution in [3.63, 3.8) is 0 Å².